The maximum absolute atomic E-state index is 12.1. The van der Waals surface area contributed by atoms with Gasteiger partial charge in [0.15, 0.2) is 0 Å². The van der Waals surface area contributed by atoms with E-state index in [-0.39, 0.29) is 5.91 Å². The molecule has 2 rings (SSSR count). The minimum Gasteiger partial charge on any atom is -0.496 e. The fourth-order valence-corrected chi connectivity index (χ4v) is 1.79. The zero-order valence-corrected chi connectivity index (χ0v) is 10.6. The maximum Gasteiger partial charge on any atom is 0.259 e. The standard InChI is InChI=1S/C14H12ClNO2/c1-18-13-8-3-2-7-12(13)14(17)16-11-6-4-5-10(15)9-11/h2-9H,1H3,(H,16,17). The smallest absolute Gasteiger partial charge is 0.259 e. The normalized spacial score (nSPS) is 9.89. The van der Waals surface area contributed by atoms with Gasteiger partial charge in [0.25, 0.3) is 5.91 Å². The first-order chi connectivity index (χ1) is 8.70. The number of carbonyl (C=O) groups excluding carboxylic acids is 1. The molecular formula is C14H12ClNO2. The Labute approximate surface area is 110 Å². The number of amides is 1. The average Bonchev–Trinajstić information content (AvgIpc) is 2.38. The highest BCUT2D eigenvalue weighted by atomic mass is 35.5. The third-order valence-corrected chi connectivity index (χ3v) is 2.67. The molecule has 2 aromatic rings. The SMILES string of the molecule is COc1ccccc1C(=O)Nc1cccc(Cl)c1. The highest BCUT2D eigenvalue weighted by molar-refractivity contribution is 6.31. The van der Waals surface area contributed by atoms with Gasteiger partial charge in [0.1, 0.15) is 5.75 Å². The summed E-state index contributed by atoms with van der Waals surface area (Å²) in [6, 6.07) is 14.0. The van der Waals surface area contributed by atoms with E-state index in [0.717, 1.165) is 0 Å². The molecule has 0 saturated heterocycles. The highest BCUT2D eigenvalue weighted by Gasteiger charge is 2.11. The van der Waals surface area contributed by atoms with Crippen molar-refractivity contribution in [3.8, 4) is 5.75 Å². The van der Waals surface area contributed by atoms with Gasteiger partial charge in [0, 0.05) is 10.7 Å². The molecule has 18 heavy (non-hydrogen) atoms. The topological polar surface area (TPSA) is 38.3 Å². The number of carbonyl (C=O) groups is 1. The quantitative estimate of drug-likeness (QED) is 0.917. The lowest BCUT2D eigenvalue weighted by atomic mass is 10.2. The summed E-state index contributed by atoms with van der Waals surface area (Å²) in [5, 5.41) is 3.35. The summed E-state index contributed by atoms with van der Waals surface area (Å²) >= 11 is 5.86. The van der Waals surface area contributed by atoms with Crippen LogP contribution in [0.15, 0.2) is 48.5 Å². The summed E-state index contributed by atoms with van der Waals surface area (Å²) in [5.74, 6) is 0.312. The van der Waals surface area contributed by atoms with Crippen LogP contribution >= 0.6 is 11.6 Å². The first-order valence-corrected chi connectivity index (χ1v) is 5.78. The molecule has 0 fully saturated rings. The predicted molar refractivity (Wildman–Crippen MR) is 72.4 cm³/mol. The monoisotopic (exact) mass is 261 g/mol. The van der Waals surface area contributed by atoms with Crippen molar-refractivity contribution in [2.24, 2.45) is 0 Å². The Morgan fingerprint density at radius 3 is 2.67 bits per heavy atom. The summed E-state index contributed by atoms with van der Waals surface area (Å²) < 4.78 is 5.14. The summed E-state index contributed by atoms with van der Waals surface area (Å²) in [7, 11) is 1.53. The lowest BCUT2D eigenvalue weighted by Gasteiger charge is -2.09. The van der Waals surface area contributed by atoms with E-state index < -0.39 is 0 Å². The van der Waals surface area contributed by atoms with Gasteiger partial charge in [-0.25, -0.2) is 0 Å². The van der Waals surface area contributed by atoms with Crippen LogP contribution in [0.5, 0.6) is 5.75 Å². The number of hydrogen-bond donors (Lipinski definition) is 1. The molecule has 4 heteroatoms. The highest BCUT2D eigenvalue weighted by Crippen LogP contribution is 2.20. The zero-order valence-electron chi connectivity index (χ0n) is 9.81. The van der Waals surface area contributed by atoms with Crippen LogP contribution in [0, 0.1) is 0 Å². The van der Waals surface area contributed by atoms with Gasteiger partial charge in [0.2, 0.25) is 0 Å². The van der Waals surface area contributed by atoms with Crippen molar-refractivity contribution in [2.75, 3.05) is 12.4 Å². The molecule has 1 amide bonds. The molecule has 3 nitrogen and oxygen atoms in total. The third kappa shape index (κ3) is 2.81. The fraction of sp³-hybridized carbons (Fsp3) is 0.0714. The minimum absolute atomic E-state index is 0.227. The number of nitrogens with one attached hydrogen (secondary N) is 1. The van der Waals surface area contributed by atoms with Crippen molar-refractivity contribution in [1.29, 1.82) is 0 Å². The second kappa shape index (κ2) is 5.56. The number of anilines is 1. The molecule has 0 heterocycles. The zero-order chi connectivity index (χ0) is 13.0. The number of ether oxygens (including phenoxy) is 1. The molecular weight excluding hydrogens is 250 g/mol. The number of halogens is 1. The van der Waals surface area contributed by atoms with Crippen LogP contribution in [0.4, 0.5) is 5.69 Å². The molecule has 0 atom stereocenters. The van der Waals surface area contributed by atoms with Gasteiger partial charge >= 0.3 is 0 Å². The lowest BCUT2D eigenvalue weighted by Crippen LogP contribution is -2.12. The van der Waals surface area contributed by atoms with Gasteiger partial charge < -0.3 is 10.1 Å². The fourth-order valence-electron chi connectivity index (χ4n) is 1.60. The van der Waals surface area contributed by atoms with Crippen LogP contribution in [-0.4, -0.2) is 13.0 Å². The molecule has 1 N–H and O–H groups in total. The average molecular weight is 262 g/mol. The first kappa shape index (κ1) is 12.5. The van der Waals surface area contributed by atoms with Gasteiger partial charge in [0.05, 0.1) is 12.7 Å². The molecule has 92 valence electrons. The molecule has 0 aliphatic heterocycles. The van der Waals surface area contributed by atoms with E-state index in [1.807, 2.05) is 6.07 Å². The Hall–Kier alpha value is -2.00. The van der Waals surface area contributed by atoms with Crippen LogP contribution in [0.1, 0.15) is 10.4 Å². The van der Waals surface area contributed by atoms with E-state index in [2.05, 4.69) is 5.32 Å². The van der Waals surface area contributed by atoms with Crippen molar-refractivity contribution in [3.05, 3.63) is 59.1 Å². The minimum atomic E-state index is -0.227. The molecule has 0 aliphatic carbocycles. The molecule has 0 bridgehead atoms. The summed E-state index contributed by atoms with van der Waals surface area (Å²) in [6.07, 6.45) is 0. The Kier molecular flexibility index (Phi) is 3.85. The van der Waals surface area contributed by atoms with Crippen molar-refractivity contribution in [1.82, 2.24) is 0 Å². The third-order valence-electron chi connectivity index (χ3n) is 2.43. The maximum atomic E-state index is 12.1. The van der Waals surface area contributed by atoms with Gasteiger partial charge in [-0.1, -0.05) is 29.8 Å². The lowest BCUT2D eigenvalue weighted by molar-refractivity contribution is 0.102. The molecule has 0 spiro atoms. The predicted octanol–water partition coefficient (Wildman–Crippen LogP) is 3.60. The van der Waals surface area contributed by atoms with E-state index >= 15 is 0 Å². The number of rotatable bonds is 3. The summed E-state index contributed by atoms with van der Waals surface area (Å²) in [5.41, 5.74) is 1.14. The van der Waals surface area contributed by atoms with Crippen LogP contribution in [-0.2, 0) is 0 Å². The van der Waals surface area contributed by atoms with Gasteiger partial charge in [-0.05, 0) is 30.3 Å². The molecule has 0 radical (unpaired) electrons. The van der Waals surface area contributed by atoms with Crippen LogP contribution < -0.4 is 10.1 Å². The van der Waals surface area contributed by atoms with Gasteiger partial charge in [-0.2, -0.15) is 0 Å². The Morgan fingerprint density at radius 1 is 1.17 bits per heavy atom. The van der Waals surface area contributed by atoms with E-state index in [1.54, 1.807) is 42.5 Å². The van der Waals surface area contributed by atoms with Crippen LogP contribution in [0.2, 0.25) is 5.02 Å². The van der Waals surface area contributed by atoms with Crippen molar-refractivity contribution in [2.45, 2.75) is 0 Å². The summed E-state index contributed by atoms with van der Waals surface area (Å²) in [4.78, 5) is 12.1. The number of hydrogen-bond acceptors (Lipinski definition) is 2. The molecule has 0 aromatic heterocycles. The number of benzene rings is 2. The number of para-hydroxylation sites is 1. The Morgan fingerprint density at radius 2 is 1.94 bits per heavy atom. The van der Waals surface area contributed by atoms with Crippen LogP contribution in [0.25, 0.3) is 0 Å². The molecule has 2 aromatic carbocycles. The first-order valence-electron chi connectivity index (χ1n) is 5.40. The van der Waals surface area contributed by atoms with E-state index in [4.69, 9.17) is 16.3 Å². The van der Waals surface area contributed by atoms with E-state index in [0.29, 0.717) is 22.0 Å². The molecule has 0 unspecified atom stereocenters. The van der Waals surface area contributed by atoms with Crippen molar-refractivity contribution >= 4 is 23.2 Å². The largest absolute Gasteiger partial charge is 0.496 e. The van der Waals surface area contributed by atoms with Gasteiger partial charge in [-0.15, -0.1) is 0 Å². The second-order valence-electron chi connectivity index (χ2n) is 3.66. The van der Waals surface area contributed by atoms with Crippen molar-refractivity contribution < 1.29 is 9.53 Å². The molecule has 0 saturated carbocycles. The summed E-state index contributed by atoms with van der Waals surface area (Å²) in [6.45, 7) is 0. The Bertz CT molecular complexity index is 569. The Balaban J connectivity index is 2.22. The van der Waals surface area contributed by atoms with Gasteiger partial charge in [-0.3, -0.25) is 4.79 Å². The van der Waals surface area contributed by atoms with E-state index in [9.17, 15) is 4.79 Å². The molecule has 0 aliphatic rings. The van der Waals surface area contributed by atoms with Crippen molar-refractivity contribution in [3.63, 3.8) is 0 Å². The van der Waals surface area contributed by atoms with Crippen LogP contribution in [0.3, 0.4) is 0 Å². The number of methoxy groups -OCH3 is 1. The second-order valence-corrected chi connectivity index (χ2v) is 4.10. The van der Waals surface area contributed by atoms with E-state index in [1.165, 1.54) is 7.11 Å².